The number of carbonyl (C=O) groups is 1. The van der Waals surface area contributed by atoms with Crippen molar-refractivity contribution in [3.63, 3.8) is 0 Å². The summed E-state index contributed by atoms with van der Waals surface area (Å²) in [5, 5.41) is 2.91. The summed E-state index contributed by atoms with van der Waals surface area (Å²) < 4.78 is 13.8. The molecule has 0 spiro atoms. The molecule has 1 aromatic carbocycles. The molecule has 1 atom stereocenters. The molecule has 1 aromatic rings. The van der Waals surface area contributed by atoms with Crippen LogP contribution in [0.2, 0.25) is 0 Å². The van der Waals surface area contributed by atoms with Crippen molar-refractivity contribution in [1.82, 2.24) is 5.32 Å². The van der Waals surface area contributed by atoms with Crippen molar-refractivity contribution in [1.29, 1.82) is 0 Å². The third-order valence-electron chi connectivity index (χ3n) is 2.79. The van der Waals surface area contributed by atoms with E-state index in [2.05, 4.69) is 5.32 Å². The van der Waals surface area contributed by atoms with E-state index in [-0.39, 0.29) is 17.3 Å². The van der Waals surface area contributed by atoms with E-state index in [1.807, 2.05) is 20.8 Å². The molecule has 1 amide bonds. The molecule has 0 bridgehead atoms. The summed E-state index contributed by atoms with van der Waals surface area (Å²) in [5.41, 5.74) is 5.61. The Bertz CT molecular complexity index is 426. The van der Waals surface area contributed by atoms with Crippen molar-refractivity contribution >= 4 is 5.91 Å². The highest BCUT2D eigenvalue weighted by Gasteiger charge is 2.25. The minimum Gasteiger partial charge on any atom is -0.351 e. The number of carbonyl (C=O) groups excluding carboxylic acids is 1. The lowest BCUT2D eigenvalue weighted by atomic mass is 9.91. The molecule has 0 saturated heterocycles. The number of hydrogen-bond donors (Lipinski definition) is 2. The lowest BCUT2D eigenvalue weighted by Crippen LogP contribution is -2.43. The van der Waals surface area contributed by atoms with Crippen LogP contribution in [0.15, 0.2) is 24.3 Å². The molecule has 0 saturated carbocycles. The largest absolute Gasteiger partial charge is 0.351 e. The van der Waals surface area contributed by atoms with Crippen molar-refractivity contribution < 1.29 is 9.18 Å². The van der Waals surface area contributed by atoms with Gasteiger partial charge in [0.2, 0.25) is 5.91 Å². The first kappa shape index (κ1) is 15.6. The van der Waals surface area contributed by atoms with Gasteiger partial charge in [0.25, 0.3) is 0 Å². The number of amides is 1. The second kappa shape index (κ2) is 6.66. The van der Waals surface area contributed by atoms with Crippen LogP contribution < -0.4 is 11.1 Å². The van der Waals surface area contributed by atoms with Gasteiger partial charge in [-0.1, -0.05) is 18.2 Å². The average molecular weight is 266 g/mol. The number of hydrogen-bond acceptors (Lipinski definition) is 2. The Kier molecular flexibility index (Phi) is 5.48. The summed E-state index contributed by atoms with van der Waals surface area (Å²) in [7, 11) is 0. The van der Waals surface area contributed by atoms with Gasteiger partial charge in [0.05, 0.1) is 5.92 Å². The standard InChI is InChI=1S/C15H23FN2O/c1-15(2,3)18-14(19)12(8-6-10-17)11-7-4-5-9-13(11)16/h4-5,7,9,12H,6,8,10,17H2,1-3H3,(H,18,19). The zero-order chi connectivity index (χ0) is 14.5. The highest BCUT2D eigenvalue weighted by atomic mass is 19.1. The smallest absolute Gasteiger partial charge is 0.228 e. The van der Waals surface area contributed by atoms with Crippen molar-refractivity contribution in [3.05, 3.63) is 35.6 Å². The van der Waals surface area contributed by atoms with Crippen LogP contribution in [-0.4, -0.2) is 18.0 Å². The maximum Gasteiger partial charge on any atom is 0.228 e. The van der Waals surface area contributed by atoms with Crippen LogP contribution in [0.25, 0.3) is 0 Å². The van der Waals surface area contributed by atoms with E-state index in [1.165, 1.54) is 6.07 Å². The van der Waals surface area contributed by atoms with Gasteiger partial charge in [0.15, 0.2) is 0 Å². The maximum absolute atomic E-state index is 13.8. The molecule has 0 aliphatic rings. The van der Waals surface area contributed by atoms with E-state index < -0.39 is 5.92 Å². The van der Waals surface area contributed by atoms with Gasteiger partial charge in [0.1, 0.15) is 5.82 Å². The van der Waals surface area contributed by atoms with E-state index in [4.69, 9.17) is 5.73 Å². The monoisotopic (exact) mass is 266 g/mol. The Labute approximate surface area is 114 Å². The summed E-state index contributed by atoms with van der Waals surface area (Å²) in [6, 6.07) is 6.42. The SMILES string of the molecule is CC(C)(C)NC(=O)C(CCCN)c1ccccc1F. The first-order valence-electron chi connectivity index (χ1n) is 6.61. The topological polar surface area (TPSA) is 55.1 Å². The van der Waals surface area contributed by atoms with Crippen LogP contribution in [-0.2, 0) is 4.79 Å². The van der Waals surface area contributed by atoms with Gasteiger partial charge in [-0.3, -0.25) is 4.79 Å². The molecule has 19 heavy (non-hydrogen) atoms. The van der Waals surface area contributed by atoms with Gasteiger partial charge in [-0.15, -0.1) is 0 Å². The molecule has 3 N–H and O–H groups in total. The Morgan fingerprint density at radius 3 is 2.53 bits per heavy atom. The van der Waals surface area contributed by atoms with E-state index >= 15 is 0 Å². The van der Waals surface area contributed by atoms with Crippen molar-refractivity contribution in [2.45, 2.75) is 45.1 Å². The quantitative estimate of drug-likeness (QED) is 0.860. The summed E-state index contributed by atoms with van der Waals surface area (Å²) in [6.45, 7) is 6.22. The minimum atomic E-state index is -0.482. The predicted octanol–water partition coefficient (Wildman–Crippen LogP) is 2.56. The highest BCUT2D eigenvalue weighted by molar-refractivity contribution is 5.84. The first-order valence-corrected chi connectivity index (χ1v) is 6.61. The normalized spacial score (nSPS) is 13.1. The predicted molar refractivity (Wildman–Crippen MR) is 75.3 cm³/mol. The molecule has 106 valence electrons. The molecular weight excluding hydrogens is 243 g/mol. The average Bonchev–Trinajstić information content (AvgIpc) is 2.29. The zero-order valence-electron chi connectivity index (χ0n) is 11.9. The Hall–Kier alpha value is -1.42. The Balaban J connectivity index is 2.95. The molecule has 1 rings (SSSR count). The Morgan fingerprint density at radius 2 is 2.00 bits per heavy atom. The van der Waals surface area contributed by atoms with Crippen molar-refractivity contribution in [3.8, 4) is 0 Å². The fourth-order valence-corrected chi connectivity index (χ4v) is 1.96. The molecule has 0 heterocycles. The van der Waals surface area contributed by atoms with Crippen LogP contribution >= 0.6 is 0 Å². The van der Waals surface area contributed by atoms with Crippen LogP contribution in [0, 0.1) is 5.82 Å². The number of halogens is 1. The Morgan fingerprint density at radius 1 is 1.37 bits per heavy atom. The van der Waals surface area contributed by atoms with Crippen LogP contribution in [0.3, 0.4) is 0 Å². The third kappa shape index (κ3) is 4.99. The second-order valence-electron chi connectivity index (χ2n) is 5.74. The number of nitrogens with two attached hydrogens (primary N) is 1. The number of benzene rings is 1. The summed E-state index contributed by atoms with van der Waals surface area (Å²) >= 11 is 0. The van der Waals surface area contributed by atoms with Gasteiger partial charge in [0, 0.05) is 11.1 Å². The maximum atomic E-state index is 13.8. The third-order valence-corrected chi connectivity index (χ3v) is 2.79. The van der Waals surface area contributed by atoms with Gasteiger partial charge >= 0.3 is 0 Å². The van der Waals surface area contributed by atoms with E-state index in [1.54, 1.807) is 18.2 Å². The van der Waals surface area contributed by atoms with Crippen LogP contribution in [0.1, 0.15) is 45.1 Å². The molecule has 0 aliphatic carbocycles. The molecule has 0 radical (unpaired) electrons. The molecule has 0 aliphatic heterocycles. The van der Waals surface area contributed by atoms with E-state index in [9.17, 15) is 9.18 Å². The van der Waals surface area contributed by atoms with Crippen LogP contribution in [0.4, 0.5) is 4.39 Å². The fraction of sp³-hybridized carbons (Fsp3) is 0.533. The van der Waals surface area contributed by atoms with E-state index in [0.29, 0.717) is 24.9 Å². The molecule has 0 fully saturated rings. The minimum absolute atomic E-state index is 0.147. The van der Waals surface area contributed by atoms with E-state index in [0.717, 1.165) is 0 Å². The van der Waals surface area contributed by atoms with Gasteiger partial charge in [-0.25, -0.2) is 4.39 Å². The number of rotatable bonds is 5. The van der Waals surface area contributed by atoms with Gasteiger partial charge in [-0.2, -0.15) is 0 Å². The molecule has 0 aromatic heterocycles. The second-order valence-corrected chi connectivity index (χ2v) is 5.74. The highest BCUT2D eigenvalue weighted by Crippen LogP contribution is 2.24. The molecule has 4 heteroatoms. The zero-order valence-corrected chi connectivity index (χ0v) is 11.9. The van der Waals surface area contributed by atoms with Gasteiger partial charge < -0.3 is 11.1 Å². The van der Waals surface area contributed by atoms with Crippen molar-refractivity contribution in [2.75, 3.05) is 6.54 Å². The molecular formula is C15H23FN2O. The summed E-state index contributed by atoms with van der Waals surface area (Å²) in [6.07, 6.45) is 1.25. The number of nitrogens with one attached hydrogen (secondary N) is 1. The summed E-state index contributed by atoms with van der Waals surface area (Å²) in [4.78, 5) is 12.3. The lowest BCUT2D eigenvalue weighted by Gasteiger charge is -2.25. The first-order chi connectivity index (χ1) is 8.85. The summed E-state index contributed by atoms with van der Waals surface area (Å²) in [5.74, 6) is -0.969. The lowest BCUT2D eigenvalue weighted by molar-refractivity contribution is -0.124. The van der Waals surface area contributed by atoms with Gasteiger partial charge in [-0.05, 0) is 46.2 Å². The molecule has 1 unspecified atom stereocenters. The fourth-order valence-electron chi connectivity index (χ4n) is 1.96. The van der Waals surface area contributed by atoms with Crippen LogP contribution in [0.5, 0.6) is 0 Å². The molecule has 3 nitrogen and oxygen atoms in total. The van der Waals surface area contributed by atoms with Crippen molar-refractivity contribution in [2.24, 2.45) is 5.73 Å².